The summed E-state index contributed by atoms with van der Waals surface area (Å²) < 4.78 is 0. The number of hydrogen-bond acceptors (Lipinski definition) is 4. The van der Waals surface area contributed by atoms with Gasteiger partial charge in [0.25, 0.3) is 5.91 Å². The lowest BCUT2D eigenvalue weighted by Crippen LogP contribution is -2.38. The van der Waals surface area contributed by atoms with Crippen LogP contribution in [0.15, 0.2) is 24.3 Å². The van der Waals surface area contributed by atoms with Crippen LogP contribution in [-0.4, -0.2) is 53.5 Å². The number of carbonyl (C=O) groups is 3. The number of amides is 1. The van der Waals surface area contributed by atoms with Crippen LogP contribution in [0, 0.1) is 0 Å². The average Bonchev–Trinajstić information content (AvgIpc) is 2.57. The van der Waals surface area contributed by atoms with Gasteiger partial charge < -0.3 is 4.90 Å². The minimum Gasteiger partial charge on any atom is -0.338 e. The second-order valence-corrected chi connectivity index (χ2v) is 6.35. The first-order valence-corrected chi connectivity index (χ1v) is 8.26. The van der Waals surface area contributed by atoms with Gasteiger partial charge in [-0.1, -0.05) is 12.1 Å². The zero-order chi connectivity index (χ0) is 16.2. The number of carbonyl (C=O) groups excluding carboxylic acids is 3. The topological polar surface area (TPSA) is 57.7 Å². The smallest absolute Gasteiger partial charge is 0.253 e. The SMILES string of the molecule is O=C1CCN(Cc2cccc(C(=O)N3CCC(=O)CC3)c2)CC1. The number of likely N-dealkylation sites (tertiary alicyclic amines) is 2. The first-order chi connectivity index (χ1) is 11.1. The predicted molar refractivity (Wildman–Crippen MR) is 86.1 cm³/mol. The number of ketones is 2. The van der Waals surface area contributed by atoms with Crippen molar-refractivity contribution in [2.75, 3.05) is 26.2 Å². The second kappa shape index (κ2) is 7.04. The van der Waals surface area contributed by atoms with Gasteiger partial charge in [0.2, 0.25) is 0 Å². The van der Waals surface area contributed by atoms with Gasteiger partial charge in [-0.25, -0.2) is 0 Å². The molecular formula is C18H22N2O3. The van der Waals surface area contributed by atoms with Crippen molar-refractivity contribution in [2.45, 2.75) is 32.2 Å². The molecule has 2 saturated heterocycles. The Balaban J connectivity index is 1.63. The molecule has 0 aromatic heterocycles. The lowest BCUT2D eigenvalue weighted by atomic mass is 10.0. The Morgan fingerprint density at radius 3 is 2.17 bits per heavy atom. The largest absolute Gasteiger partial charge is 0.338 e. The third-order valence-electron chi connectivity index (χ3n) is 4.60. The Bertz CT molecular complexity index is 606. The summed E-state index contributed by atoms with van der Waals surface area (Å²) in [4.78, 5) is 39.2. The molecular weight excluding hydrogens is 292 g/mol. The van der Waals surface area contributed by atoms with E-state index < -0.39 is 0 Å². The normalized spacial score (nSPS) is 19.9. The summed E-state index contributed by atoms with van der Waals surface area (Å²) in [5, 5.41) is 0. The zero-order valence-electron chi connectivity index (χ0n) is 13.3. The molecule has 0 unspecified atom stereocenters. The van der Waals surface area contributed by atoms with E-state index in [9.17, 15) is 14.4 Å². The molecule has 0 saturated carbocycles. The number of hydrogen-bond donors (Lipinski definition) is 0. The number of Topliss-reactive ketones (excluding diaryl/α,β-unsaturated/α-hetero) is 2. The minimum absolute atomic E-state index is 0.00757. The Kier molecular flexibility index (Phi) is 4.86. The fraction of sp³-hybridized carbons (Fsp3) is 0.500. The maximum absolute atomic E-state index is 12.6. The van der Waals surface area contributed by atoms with Gasteiger partial charge in [0, 0.05) is 64.0 Å². The van der Waals surface area contributed by atoms with Crippen molar-refractivity contribution >= 4 is 17.5 Å². The van der Waals surface area contributed by atoms with Crippen LogP contribution in [0.5, 0.6) is 0 Å². The van der Waals surface area contributed by atoms with Gasteiger partial charge >= 0.3 is 0 Å². The molecule has 1 amide bonds. The van der Waals surface area contributed by atoms with Crippen LogP contribution in [0.2, 0.25) is 0 Å². The molecule has 1 aromatic rings. The highest BCUT2D eigenvalue weighted by molar-refractivity contribution is 5.95. The Morgan fingerprint density at radius 1 is 0.913 bits per heavy atom. The summed E-state index contributed by atoms with van der Waals surface area (Å²) in [7, 11) is 0. The van der Waals surface area contributed by atoms with Crippen LogP contribution in [-0.2, 0) is 16.1 Å². The van der Waals surface area contributed by atoms with Crippen molar-refractivity contribution in [3.8, 4) is 0 Å². The fourth-order valence-electron chi connectivity index (χ4n) is 3.16. The zero-order valence-corrected chi connectivity index (χ0v) is 13.3. The molecule has 2 aliphatic heterocycles. The van der Waals surface area contributed by atoms with E-state index in [1.165, 1.54) is 0 Å². The lowest BCUT2D eigenvalue weighted by molar-refractivity contribution is -0.122. The van der Waals surface area contributed by atoms with Crippen molar-refractivity contribution in [3.05, 3.63) is 35.4 Å². The number of benzene rings is 1. The van der Waals surface area contributed by atoms with Crippen LogP contribution in [0.4, 0.5) is 0 Å². The van der Waals surface area contributed by atoms with Crippen molar-refractivity contribution in [1.29, 1.82) is 0 Å². The highest BCUT2D eigenvalue weighted by Gasteiger charge is 2.22. The first-order valence-electron chi connectivity index (χ1n) is 8.26. The van der Waals surface area contributed by atoms with Gasteiger partial charge in [-0.2, -0.15) is 0 Å². The Morgan fingerprint density at radius 2 is 1.52 bits per heavy atom. The van der Waals surface area contributed by atoms with Crippen LogP contribution in [0.1, 0.15) is 41.6 Å². The standard InChI is InChI=1S/C18H22N2O3/c21-16-4-8-19(9-5-16)13-14-2-1-3-15(12-14)18(23)20-10-6-17(22)7-11-20/h1-3,12H,4-11,13H2. The molecule has 2 aliphatic rings. The van der Waals surface area contributed by atoms with Crippen molar-refractivity contribution in [2.24, 2.45) is 0 Å². The monoisotopic (exact) mass is 314 g/mol. The molecule has 122 valence electrons. The maximum Gasteiger partial charge on any atom is 0.253 e. The van der Waals surface area contributed by atoms with E-state index in [2.05, 4.69) is 4.90 Å². The van der Waals surface area contributed by atoms with E-state index in [0.29, 0.717) is 50.1 Å². The Labute approximate surface area is 136 Å². The fourth-order valence-corrected chi connectivity index (χ4v) is 3.16. The van der Waals surface area contributed by atoms with Crippen molar-refractivity contribution in [1.82, 2.24) is 9.80 Å². The highest BCUT2D eigenvalue weighted by Crippen LogP contribution is 2.15. The average molecular weight is 314 g/mol. The maximum atomic E-state index is 12.6. The summed E-state index contributed by atoms with van der Waals surface area (Å²) in [6, 6.07) is 7.71. The van der Waals surface area contributed by atoms with Gasteiger partial charge in [-0.3, -0.25) is 19.3 Å². The molecule has 1 aromatic carbocycles. The molecule has 23 heavy (non-hydrogen) atoms. The molecule has 0 radical (unpaired) electrons. The molecule has 0 atom stereocenters. The molecule has 0 aliphatic carbocycles. The molecule has 5 nitrogen and oxygen atoms in total. The first kappa shape index (κ1) is 15.9. The summed E-state index contributed by atoms with van der Waals surface area (Å²) in [6.07, 6.45) is 2.18. The van der Waals surface area contributed by atoms with Crippen LogP contribution in [0.25, 0.3) is 0 Å². The van der Waals surface area contributed by atoms with E-state index in [1.54, 1.807) is 4.90 Å². The summed E-state index contributed by atoms with van der Waals surface area (Å²) in [5.74, 6) is 0.584. The van der Waals surface area contributed by atoms with Gasteiger partial charge in [0.05, 0.1) is 0 Å². The highest BCUT2D eigenvalue weighted by atomic mass is 16.2. The van der Waals surface area contributed by atoms with E-state index in [1.807, 2.05) is 24.3 Å². The van der Waals surface area contributed by atoms with Crippen LogP contribution < -0.4 is 0 Å². The van der Waals surface area contributed by atoms with Crippen molar-refractivity contribution < 1.29 is 14.4 Å². The quantitative estimate of drug-likeness (QED) is 0.851. The van der Waals surface area contributed by atoms with Crippen molar-refractivity contribution in [3.63, 3.8) is 0 Å². The number of nitrogens with zero attached hydrogens (tertiary/aromatic N) is 2. The summed E-state index contributed by atoms with van der Waals surface area (Å²) in [5.41, 5.74) is 1.78. The number of rotatable bonds is 3. The van der Waals surface area contributed by atoms with Crippen LogP contribution >= 0.6 is 0 Å². The van der Waals surface area contributed by atoms with E-state index in [0.717, 1.165) is 25.2 Å². The minimum atomic E-state index is 0.00757. The van der Waals surface area contributed by atoms with Gasteiger partial charge in [-0.05, 0) is 17.7 Å². The van der Waals surface area contributed by atoms with Crippen LogP contribution in [0.3, 0.4) is 0 Å². The summed E-state index contributed by atoms with van der Waals surface area (Å²) in [6.45, 7) is 3.41. The molecule has 5 heteroatoms. The Hall–Kier alpha value is -2.01. The third-order valence-corrected chi connectivity index (χ3v) is 4.60. The van der Waals surface area contributed by atoms with Gasteiger partial charge in [0.15, 0.2) is 0 Å². The van der Waals surface area contributed by atoms with Gasteiger partial charge in [0.1, 0.15) is 11.6 Å². The molecule has 2 heterocycles. The molecule has 0 spiro atoms. The lowest BCUT2D eigenvalue weighted by Gasteiger charge is -2.27. The number of piperidine rings is 2. The molecule has 3 rings (SSSR count). The summed E-state index contributed by atoms with van der Waals surface area (Å²) >= 11 is 0. The van der Waals surface area contributed by atoms with E-state index in [4.69, 9.17) is 0 Å². The second-order valence-electron chi connectivity index (χ2n) is 6.35. The van der Waals surface area contributed by atoms with E-state index in [-0.39, 0.29) is 11.7 Å². The molecule has 2 fully saturated rings. The van der Waals surface area contributed by atoms with Gasteiger partial charge in [-0.15, -0.1) is 0 Å². The van der Waals surface area contributed by atoms with E-state index >= 15 is 0 Å². The third kappa shape index (κ3) is 4.05. The molecule has 0 bridgehead atoms. The molecule has 0 N–H and O–H groups in total. The predicted octanol–water partition coefficient (Wildman–Crippen LogP) is 1.66.